The molecule has 0 aliphatic carbocycles. The average molecular weight is 265 g/mol. The number of rotatable bonds is 5. The first kappa shape index (κ1) is 14.9. The summed E-state index contributed by atoms with van der Waals surface area (Å²) in [5.41, 5.74) is 0.133. The molecule has 0 spiro atoms. The maximum absolute atomic E-state index is 12.0. The summed E-state index contributed by atoms with van der Waals surface area (Å²) >= 11 is 0. The van der Waals surface area contributed by atoms with Crippen LogP contribution in [0.1, 0.15) is 24.2 Å². The number of aromatic nitrogens is 1. The topological polar surface area (TPSA) is 82.5 Å². The Hall–Kier alpha value is -2.11. The summed E-state index contributed by atoms with van der Waals surface area (Å²) < 4.78 is 0. The Balaban J connectivity index is 2.58. The lowest BCUT2D eigenvalue weighted by Gasteiger charge is -2.17. The molecule has 0 fully saturated rings. The lowest BCUT2D eigenvalue weighted by Crippen LogP contribution is -2.39. The van der Waals surface area contributed by atoms with Crippen LogP contribution in [0.5, 0.6) is 5.75 Å². The third kappa shape index (κ3) is 4.57. The van der Waals surface area contributed by atoms with Gasteiger partial charge in [0.1, 0.15) is 5.75 Å². The Morgan fingerprint density at radius 3 is 2.74 bits per heavy atom. The van der Waals surface area contributed by atoms with Crippen molar-refractivity contribution >= 4 is 11.8 Å². The summed E-state index contributed by atoms with van der Waals surface area (Å²) in [5, 5.41) is 12.3. The minimum atomic E-state index is -0.417. The van der Waals surface area contributed by atoms with E-state index in [2.05, 4.69) is 10.3 Å². The molecule has 0 bridgehead atoms. The molecule has 1 aromatic heterocycles. The molecular weight excluding hydrogens is 246 g/mol. The van der Waals surface area contributed by atoms with Crippen molar-refractivity contribution in [1.82, 2.24) is 15.2 Å². The maximum atomic E-state index is 12.0. The fourth-order valence-corrected chi connectivity index (χ4v) is 1.43. The summed E-state index contributed by atoms with van der Waals surface area (Å²) in [7, 11) is 1.51. The van der Waals surface area contributed by atoms with Gasteiger partial charge in [-0.2, -0.15) is 0 Å². The molecule has 6 nitrogen and oxygen atoms in total. The minimum absolute atomic E-state index is 0.0483. The zero-order valence-electron chi connectivity index (χ0n) is 11.4. The molecule has 0 aliphatic rings. The molecule has 0 aliphatic heterocycles. The number of carbonyl (C=O) groups excluding carboxylic acids is 2. The van der Waals surface area contributed by atoms with Crippen LogP contribution in [-0.4, -0.2) is 46.9 Å². The number of carbonyl (C=O) groups is 2. The van der Waals surface area contributed by atoms with Crippen molar-refractivity contribution < 1.29 is 14.7 Å². The molecule has 0 radical (unpaired) electrons. The van der Waals surface area contributed by atoms with Crippen LogP contribution in [0.4, 0.5) is 0 Å². The lowest BCUT2D eigenvalue weighted by atomic mass is 10.2. The van der Waals surface area contributed by atoms with Gasteiger partial charge in [-0.1, -0.05) is 13.8 Å². The van der Waals surface area contributed by atoms with Gasteiger partial charge in [-0.05, 0) is 12.0 Å². The van der Waals surface area contributed by atoms with Gasteiger partial charge in [-0.3, -0.25) is 14.6 Å². The highest BCUT2D eigenvalue weighted by Crippen LogP contribution is 2.15. The Labute approximate surface area is 112 Å². The van der Waals surface area contributed by atoms with Gasteiger partial charge in [0.2, 0.25) is 5.91 Å². The van der Waals surface area contributed by atoms with Crippen LogP contribution >= 0.6 is 0 Å². The molecule has 2 amide bonds. The Kier molecular flexibility index (Phi) is 5.29. The normalized spacial score (nSPS) is 10.3. The lowest BCUT2D eigenvalue weighted by molar-refractivity contribution is -0.121. The fraction of sp³-hybridized carbons (Fsp3) is 0.462. The molecule has 0 aromatic carbocycles. The van der Waals surface area contributed by atoms with E-state index in [1.165, 1.54) is 30.4 Å². The van der Waals surface area contributed by atoms with Crippen LogP contribution in [0.2, 0.25) is 0 Å². The van der Waals surface area contributed by atoms with Crippen LogP contribution < -0.4 is 5.32 Å². The van der Waals surface area contributed by atoms with Crippen molar-refractivity contribution in [3.63, 3.8) is 0 Å². The number of amides is 2. The van der Waals surface area contributed by atoms with E-state index in [0.29, 0.717) is 12.5 Å². The van der Waals surface area contributed by atoms with Crippen LogP contribution in [0.25, 0.3) is 0 Å². The molecule has 2 N–H and O–H groups in total. The number of aromatic hydroxyl groups is 1. The summed E-state index contributed by atoms with van der Waals surface area (Å²) in [6.45, 7) is 4.50. The standard InChI is InChI=1S/C13H19N3O3/c1-9(2)6-15-12(18)8-16(3)13(19)10-4-5-14-7-11(10)17/h4-5,7,9,17H,6,8H2,1-3H3,(H,15,18). The van der Waals surface area contributed by atoms with Gasteiger partial charge in [0.25, 0.3) is 5.91 Å². The van der Waals surface area contributed by atoms with Crippen molar-refractivity contribution in [2.45, 2.75) is 13.8 Å². The van der Waals surface area contributed by atoms with Crippen LogP contribution in [0, 0.1) is 5.92 Å². The van der Waals surface area contributed by atoms with Crippen LogP contribution in [-0.2, 0) is 4.79 Å². The molecule has 0 unspecified atom stereocenters. The van der Waals surface area contributed by atoms with E-state index in [4.69, 9.17) is 0 Å². The zero-order valence-corrected chi connectivity index (χ0v) is 11.4. The summed E-state index contributed by atoms with van der Waals surface area (Å²) in [4.78, 5) is 28.5. The molecule has 1 rings (SSSR count). The van der Waals surface area contributed by atoms with E-state index in [9.17, 15) is 14.7 Å². The van der Waals surface area contributed by atoms with Gasteiger partial charge in [-0.25, -0.2) is 0 Å². The summed E-state index contributed by atoms with van der Waals surface area (Å²) in [5.74, 6) is -0.478. The molecule has 1 heterocycles. The second-order valence-corrected chi connectivity index (χ2v) is 4.75. The van der Waals surface area contributed by atoms with Crippen molar-refractivity contribution in [2.24, 2.45) is 5.92 Å². The molecule has 19 heavy (non-hydrogen) atoms. The number of pyridine rings is 1. The molecule has 0 saturated carbocycles. The van der Waals surface area contributed by atoms with Gasteiger partial charge >= 0.3 is 0 Å². The van der Waals surface area contributed by atoms with E-state index in [1.54, 1.807) is 0 Å². The van der Waals surface area contributed by atoms with Crippen molar-refractivity contribution in [3.8, 4) is 5.75 Å². The highest BCUT2D eigenvalue weighted by atomic mass is 16.3. The maximum Gasteiger partial charge on any atom is 0.257 e. The highest BCUT2D eigenvalue weighted by molar-refractivity contribution is 5.98. The minimum Gasteiger partial charge on any atom is -0.505 e. The van der Waals surface area contributed by atoms with E-state index >= 15 is 0 Å². The Bertz CT molecular complexity index is 460. The number of nitrogens with zero attached hydrogens (tertiary/aromatic N) is 2. The third-order valence-electron chi connectivity index (χ3n) is 2.47. The number of hydrogen-bond acceptors (Lipinski definition) is 4. The SMILES string of the molecule is CC(C)CNC(=O)CN(C)C(=O)c1ccncc1O. The van der Waals surface area contributed by atoms with Crippen molar-refractivity contribution in [3.05, 3.63) is 24.0 Å². The number of hydrogen-bond donors (Lipinski definition) is 2. The second-order valence-electron chi connectivity index (χ2n) is 4.75. The van der Waals surface area contributed by atoms with Crippen molar-refractivity contribution in [1.29, 1.82) is 0 Å². The molecule has 6 heteroatoms. The molecule has 0 saturated heterocycles. The van der Waals surface area contributed by atoms with E-state index in [1.807, 2.05) is 13.8 Å². The fourth-order valence-electron chi connectivity index (χ4n) is 1.43. The molecular formula is C13H19N3O3. The monoisotopic (exact) mass is 265 g/mol. The first-order valence-corrected chi connectivity index (χ1v) is 6.07. The highest BCUT2D eigenvalue weighted by Gasteiger charge is 2.17. The van der Waals surface area contributed by atoms with E-state index in [-0.39, 0.29) is 23.8 Å². The van der Waals surface area contributed by atoms with Gasteiger partial charge in [0, 0.05) is 19.8 Å². The van der Waals surface area contributed by atoms with Crippen molar-refractivity contribution in [2.75, 3.05) is 20.1 Å². The largest absolute Gasteiger partial charge is 0.505 e. The third-order valence-corrected chi connectivity index (χ3v) is 2.47. The van der Waals surface area contributed by atoms with Gasteiger partial charge in [0.15, 0.2) is 0 Å². The van der Waals surface area contributed by atoms with Gasteiger partial charge in [0.05, 0.1) is 18.3 Å². The smallest absolute Gasteiger partial charge is 0.257 e. The Morgan fingerprint density at radius 1 is 1.47 bits per heavy atom. The number of likely N-dealkylation sites (N-methyl/N-ethyl adjacent to an activating group) is 1. The molecule has 1 aromatic rings. The second kappa shape index (κ2) is 6.72. The van der Waals surface area contributed by atoms with Gasteiger partial charge < -0.3 is 15.3 Å². The quantitative estimate of drug-likeness (QED) is 0.818. The zero-order chi connectivity index (χ0) is 14.4. The molecule has 0 atom stereocenters. The number of nitrogens with one attached hydrogen (secondary N) is 1. The van der Waals surface area contributed by atoms with Crippen LogP contribution in [0.3, 0.4) is 0 Å². The summed E-state index contributed by atoms with van der Waals surface area (Å²) in [6, 6.07) is 1.42. The Morgan fingerprint density at radius 2 is 2.16 bits per heavy atom. The van der Waals surface area contributed by atoms with Crippen LogP contribution in [0.15, 0.2) is 18.5 Å². The van der Waals surface area contributed by atoms with Gasteiger partial charge in [-0.15, -0.1) is 0 Å². The average Bonchev–Trinajstić information content (AvgIpc) is 2.36. The predicted molar refractivity (Wildman–Crippen MR) is 70.7 cm³/mol. The molecule has 104 valence electrons. The van der Waals surface area contributed by atoms with E-state index in [0.717, 1.165) is 0 Å². The first-order chi connectivity index (χ1) is 8.91. The summed E-state index contributed by atoms with van der Waals surface area (Å²) in [6.07, 6.45) is 2.61. The first-order valence-electron chi connectivity index (χ1n) is 6.07. The predicted octanol–water partition coefficient (Wildman–Crippen LogP) is 0.631. The van der Waals surface area contributed by atoms with E-state index < -0.39 is 5.91 Å².